The smallest absolute Gasteiger partial charge is 0.191 e. The van der Waals surface area contributed by atoms with E-state index in [0.717, 1.165) is 24.8 Å². The van der Waals surface area contributed by atoms with Gasteiger partial charge < -0.3 is 15.4 Å². The molecule has 25 heavy (non-hydrogen) atoms. The minimum Gasteiger partial charge on any atom is -0.489 e. The molecule has 2 rings (SSSR count). The van der Waals surface area contributed by atoms with E-state index in [1.165, 1.54) is 0 Å². The van der Waals surface area contributed by atoms with Crippen LogP contribution in [0.25, 0.3) is 0 Å². The Kier molecular flexibility index (Phi) is 9.56. The third-order valence-corrected chi connectivity index (χ3v) is 4.55. The normalized spacial score (nSPS) is 22.4. The first-order valence-corrected chi connectivity index (χ1v) is 8.92. The second kappa shape index (κ2) is 10.9. The van der Waals surface area contributed by atoms with Crippen LogP contribution in [0.5, 0.6) is 5.75 Å². The lowest BCUT2D eigenvalue weighted by Crippen LogP contribution is -2.48. The Labute approximate surface area is 169 Å². The maximum Gasteiger partial charge on any atom is 0.191 e. The van der Waals surface area contributed by atoms with Crippen LogP contribution in [0.15, 0.2) is 35.3 Å². The number of para-hydroxylation sites is 1. The molecule has 0 aromatic heterocycles. The largest absolute Gasteiger partial charge is 0.489 e. The number of likely N-dealkylation sites (tertiary alicyclic amines) is 1. The van der Waals surface area contributed by atoms with Gasteiger partial charge in [0.2, 0.25) is 0 Å². The first-order chi connectivity index (χ1) is 11.5. The molecule has 2 N–H and O–H groups in total. The molecule has 0 spiro atoms. The predicted octanol–water partition coefficient (Wildman–Crippen LogP) is 2.97. The number of nitrogens with zero attached hydrogens (tertiary/aromatic N) is 2. The summed E-state index contributed by atoms with van der Waals surface area (Å²) in [5.74, 6) is 2.36. The quantitative estimate of drug-likeness (QED) is 0.390. The van der Waals surface area contributed by atoms with Crippen molar-refractivity contribution < 1.29 is 4.74 Å². The summed E-state index contributed by atoms with van der Waals surface area (Å²) in [6, 6.07) is 10.9. The highest BCUT2D eigenvalue weighted by atomic mass is 127. The van der Waals surface area contributed by atoms with Crippen molar-refractivity contribution in [3.63, 3.8) is 0 Å². The Morgan fingerprint density at radius 2 is 1.92 bits per heavy atom. The maximum atomic E-state index is 5.90. The van der Waals surface area contributed by atoms with Crippen molar-refractivity contribution in [2.75, 3.05) is 26.7 Å². The van der Waals surface area contributed by atoms with Crippen molar-refractivity contribution in [3.8, 4) is 5.75 Å². The Bertz CT molecular complexity index is 523. The summed E-state index contributed by atoms with van der Waals surface area (Å²) in [6.07, 6.45) is 0.0686. The van der Waals surface area contributed by atoms with E-state index in [-0.39, 0.29) is 30.1 Å². The molecule has 3 unspecified atom stereocenters. The summed E-state index contributed by atoms with van der Waals surface area (Å²) in [7, 11) is 1.82. The van der Waals surface area contributed by atoms with Gasteiger partial charge in [0.1, 0.15) is 11.9 Å². The Balaban J connectivity index is 0.00000312. The molecule has 1 heterocycles. The summed E-state index contributed by atoms with van der Waals surface area (Å²) >= 11 is 0. The molecule has 0 saturated carbocycles. The standard InChI is InChI=1S/C19H32N4O.HI/c1-14(2)23-12-15(3)18(13-23)22-19(20-5)21-11-16(4)24-17-9-7-6-8-10-17;/h6-10,14-16,18H,11-13H2,1-5H3,(H2,20,21,22);1H. The average molecular weight is 460 g/mol. The van der Waals surface area contributed by atoms with Crippen LogP contribution in [0.3, 0.4) is 0 Å². The molecule has 0 bridgehead atoms. The molecule has 1 aliphatic rings. The van der Waals surface area contributed by atoms with Crippen molar-refractivity contribution in [2.45, 2.75) is 45.9 Å². The van der Waals surface area contributed by atoms with Gasteiger partial charge in [-0.15, -0.1) is 24.0 Å². The van der Waals surface area contributed by atoms with E-state index in [1.54, 1.807) is 0 Å². The van der Waals surface area contributed by atoms with Gasteiger partial charge >= 0.3 is 0 Å². The van der Waals surface area contributed by atoms with Crippen LogP contribution in [0.4, 0.5) is 0 Å². The molecule has 142 valence electrons. The zero-order valence-corrected chi connectivity index (χ0v) is 18.4. The number of ether oxygens (including phenoxy) is 1. The minimum atomic E-state index is 0. The highest BCUT2D eigenvalue weighted by molar-refractivity contribution is 14.0. The van der Waals surface area contributed by atoms with Gasteiger partial charge in [-0.05, 0) is 38.8 Å². The first kappa shape index (κ1) is 22.0. The van der Waals surface area contributed by atoms with Gasteiger partial charge in [-0.2, -0.15) is 0 Å². The predicted molar refractivity (Wildman–Crippen MR) is 116 cm³/mol. The van der Waals surface area contributed by atoms with E-state index in [2.05, 4.69) is 48.2 Å². The second-order valence-electron chi connectivity index (χ2n) is 6.97. The van der Waals surface area contributed by atoms with Gasteiger partial charge in [-0.1, -0.05) is 25.1 Å². The number of rotatable bonds is 6. The lowest BCUT2D eigenvalue weighted by molar-refractivity contribution is 0.223. The molecule has 1 aromatic rings. The van der Waals surface area contributed by atoms with E-state index in [0.29, 0.717) is 24.5 Å². The SMILES string of the molecule is CN=C(NCC(C)Oc1ccccc1)NC1CN(C(C)C)CC1C.I. The van der Waals surface area contributed by atoms with Crippen LogP contribution in [0.2, 0.25) is 0 Å². The van der Waals surface area contributed by atoms with Crippen molar-refractivity contribution >= 4 is 29.9 Å². The van der Waals surface area contributed by atoms with Crippen molar-refractivity contribution in [1.82, 2.24) is 15.5 Å². The number of nitrogens with one attached hydrogen (secondary N) is 2. The van der Waals surface area contributed by atoms with Crippen molar-refractivity contribution in [3.05, 3.63) is 30.3 Å². The number of hydrogen-bond donors (Lipinski definition) is 2. The van der Waals surface area contributed by atoms with Crippen molar-refractivity contribution in [2.24, 2.45) is 10.9 Å². The Hall–Kier alpha value is -1.02. The fraction of sp³-hybridized carbons (Fsp3) is 0.632. The van der Waals surface area contributed by atoms with Crippen LogP contribution in [-0.4, -0.2) is 55.7 Å². The van der Waals surface area contributed by atoms with Crippen LogP contribution < -0.4 is 15.4 Å². The molecule has 0 amide bonds. The van der Waals surface area contributed by atoms with Gasteiger partial charge in [0.05, 0.1) is 6.54 Å². The summed E-state index contributed by atoms with van der Waals surface area (Å²) in [6.45, 7) is 11.8. The van der Waals surface area contributed by atoms with Gasteiger partial charge in [0.25, 0.3) is 0 Å². The van der Waals surface area contributed by atoms with E-state index in [1.807, 2.05) is 37.4 Å². The van der Waals surface area contributed by atoms with Crippen LogP contribution in [0, 0.1) is 5.92 Å². The van der Waals surface area contributed by atoms with Crippen molar-refractivity contribution in [1.29, 1.82) is 0 Å². The fourth-order valence-electron chi connectivity index (χ4n) is 3.00. The van der Waals surface area contributed by atoms with E-state index in [4.69, 9.17) is 4.74 Å². The lowest BCUT2D eigenvalue weighted by Gasteiger charge is -2.23. The minimum absolute atomic E-state index is 0. The highest BCUT2D eigenvalue weighted by Gasteiger charge is 2.31. The van der Waals surface area contributed by atoms with Gasteiger partial charge in [0.15, 0.2) is 5.96 Å². The molecule has 1 aromatic carbocycles. The molecule has 0 radical (unpaired) electrons. The molecule has 3 atom stereocenters. The molecular formula is C19H33IN4O. The van der Waals surface area contributed by atoms with Crippen LogP contribution >= 0.6 is 24.0 Å². The van der Waals surface area contributed by atoms with Gasteiger partial charge in [-0.3, -0.25) is 9.89 Å². The summed E-state index contributed by atoms with van der Waals surface area (Å²) < 4.78 is 5.90. The lowest BCUT2D eigenvalue weighted by atomic mass is 10.1. The molecule has 5 nitrogen and oxygen atoms in total. The molecule has 1 saturated heterocycles. The molecule has 1 fully saturated rings. The monoisotopic (exact) mass is 460 g/mol. The van der Waals surface area contributed by atoms with Crippen LogP contribution in [-0.2, 0) is 0 Å². The first-order valence-electron chi connectivity index (χ1n) is 8.92. The van der Waals surface area contributed by atoms with E-state index < -0.39 is 0 Å². The fourth-order valence-corrected chi connectivity index (χ4v) is 3.00. The highest BCUT2D eigenvalue weighted by Crippen LogP contribution is 2.18. The summed E-state index contributed by atoms with van der Waals surface area (Å²) in [5.41, 5.74) is 0. The van der Waals surface area contributed by atoms with Gasteiger partial charge in [0, 0.05) is 32.2 Å². The molecule has 1 aliphatic heterocycles. The zero-order chi connectivity index (χ0) is 17.5. The number of aliphatic imine (C=N–C) groups is 1. The summed E-state index contributed by atoms with van der Waals surface area (Å²) in [4.78, 5) is 6.87. The maximum absolute atomic E-state index is 5.90. The molecular weight excluding hydrogens is 427 g/mol. The van der Waals surface area contributed by atoms with E-state index >= 15 is 0 Å². The number of hydrogen-bond acceptors (Lipinski definition) is 3. The number of guanidine groups is 1. The Morgan fingerprint density at radius 3 is 2.48 bits per heavy atom. The number of halogens is 1. The zero-order valence-electron chi connectivity index (χ0n) is 16.0. The van der Waals surface area contributed by atoms with E-state index in [9.17, 15) is 0 Å². The summed E-state index contributed by atoms with van der Waals surface area (Å²) in [5, 5.41) is 6.94. The average Bonchev–Trinajstić information content (AvgIpc) is 2.93. The third kappa shape index (κ3) is 7.01. The third-order valence-electron chi connectivity index (χ3n) is 4.55. The van der Waals surface area contributed by atoms with Gasteiger partial charge in [-0.25, -0.2) is 0 Å². The second-order valence-corrected chi connectivity index (χ2v) is 6.97. The molecule has 6 heteroatoms. The topological polar surface area (TPSA) is 48.9 Å². The molecule has 0 aliphatic carbocycles. The van der Waals surface area contributed by atoms with Crippen LogP contribution in [0.1, 0.15) is 27.7 Å². The number of benzene rings is 1. The Morgan fingerprint density at radius 1 is 1.24 bits per heavy atom.